The number of hydrogen-bond donors (Lipinski definition) is 1. The Balaban J connectivity index is 1.78. The Hall–Kier alpha value is -2.33. The number of anilines is 1. The molecule has 0 saturated heterocycles. The summed E-state index contributed by atoms with van der Waals surface area (Å²) in [6.07, 6.45) is -4.53. The number of benzene rings is 2. The molecule has 3 rings (SSSR count). The van der Waals surface area contributed by atoms with Crippen LogP contribution in [0.3, 0.4) is 0 Å². The number of nitrogens with one attached hydrogen (secondary N) is 1. The largest absolute Gasteiger partial charge is 0.417 e. The van der Waals surface area contributed by atoms with E-state index in [1.807, 2.05) is 0 Å². The zero-order valence-corrected chi connectivity index (χ0v) is 16.8. The van der Waals surface area contributed by atoms with Crippen molar-refractivity contribution in [2.75, 3.05) is 5.32 Å². The average Bonchev–Trinajstić information content (AvgIpc) is 3.06. The zero-order valence-electron chi connectivity index (χ0n) is 14.4. The molecule has 0 atom stereocenters. The lowest BCUT2D eigenvalue weighted by Crippen LogP contribution is -2.14. The number of hydrogen-bond acceptors (Lipinski definition) is 5. The van der Waals surface area contributed by atoms with Crippen LogP contribution in [0.1, 0.15) is 27.6 Å². The van der Waals surface area contributed by atoms with E-state index in [0.29, 0.717) is 27.9 Å². The highest BCUT2D eigenvalue weighted by Crippen LogP contribution is 2.36. The third kappa shape index (κ3) is 4.93. The second kappa shape index (κ2) is 8.36. The maximum Gasteiger partial charge on any atom is 0.417 e. The predicted octanol–water partition coefficient (Wildman–Crippen LogP) is 5.70. The van der Waals surface area contributed by atoms with Gasteiger partial charge in [-0.1, -0.05) is 33.2 Å². The summed E-state index contributed by atoms with van der Waals surface area (Å²) in [7, 11) is 0. The molecule has 5 nitrogen and oxygen atoms in total. The molecular formula is C18H13BrF3N3O2S. The van der Waals surface area contributed by atoms with Crippen LogP contribution < -0.4 is 5.32 Å². The van der Waals surface area contributed by atoms with E-state index in [-0.39, 0.29) is 10.2 Å². The molecule has 1 amide bonds. The van der Waals surface area contributed by atoms with Gasteiger partial charge in [0.05, 0.1) is 16.9 Å². The van der Waals surface area contributed by atoms with Gasteiger partial charge in [-0.25, -0.2) is 0 Å². The molecule has 10 heteroatoms. The van der Waals surface area contributed by atoms with Crippen molar-refractivity contribution < 1.29 is 22.5 Å². The quantitative estimate of drug-likeness (QED) is 0.483. The van der Waals surface area contributed by atoms with Crippen molar-refractivity contribution in [1.29, 1.82) is 0 Å². The third-order valence-corrected chi connectivity index (χ3v) is 5.33. The molecule has 0 saturated carbocycles. The van der Waals surface area contributed by atoms with Crippen LogP contribution in [0.15, 0.2) is 56.4 Å². The summed E-state index contributed by atoms with van der Waals surface area (Å²) in [5.74, 6) is 0.778. The number of carbonyl (C=O) groups is 1. The molecular weight excluding hydrogens is 459 g/mol. The number of thioether (sulfide) groups is 1. The minimum absolute atomic E-state index is 0.0489. The van der Waals surface area contributed by atoms with E-state index in [2.05, 4.69) is 31.4 Å². The van der Waals surface area contributed by atoms with Crippen molar-refractivity contribution in [3.8, 4) is 0 Å². The van der Waals surface area contributed by atoms with Crippen LogP contribution in [0.5, 0.6) is 0 Å². The second-order valence-electron chi connectivity index (χ2n) is 5.67. The summed E-state index contributed by atoms with van der Waals surface area (Å²) in [4.78, 5) is 17.4. The number of alkyl halides is 3. The number of aromatic nitrogens is 2. The lowest BCUT2D eigenvalue weighted by atomic mass is 10.1. The number of rotatable bonds is 5. The first kappa shape index (κ1) is 20.4. The lowest BCUT2D eigenvalue weighted by Gasteiger charge is -2.13. The highest BCUT2D eigenvalue weighted by Gasteiger charge is 2.33. The smallest absolute Gasteiger partial charge is 0.338 e. The van der Waals surface area contributed by atoms with Gasteiger partial charge in [0.25, 0.3) is 5.91 Å². The Bertz CT molecular complexity index is 1010. The van der Waals surface area contributed by atoms with E-state index >= 15 is 0 Å². The fraction of sp³-hybridized carbons (Fsp3) is 0.167. The normalized spacial score (nSPS) is 11.5. The van der Waals surface area contributed by atoms with Crippen LogP contribution in [0, 0.1) is 6.92 Å². The van der Waals surface area contributed by atoms with Crippen molar-refractivity contribution in [3.63, 3.8) is 0 Å². The fourth-order valence-corrected chi connectivity index (χ4v) is 3.70. The predicted molar refractivity (Wildman–Crippen MR) is 102 cm³/mol. The summed E-state index contributed by atoms with van der Waals surface area (Å²) >= 11 is 4.20. The molecule has 0 aliphatic heterocycles. The molecule has 28 heavy (non-hydrogen) atoms. The van der Waals surface area contributed by atoms with Gasteiger partial charge in [-0.05, 0) is 37.3 Å². The number of nitrogens with zero attached hydrogens (tertiary/aromatic N) is 2. The van der Waals surface area contributed by atoms with E-state index in [0.717, 1.165) is 6.07 Å². The third-order valence-electron chi connectivity index (χ3n) is 3.58. The average molecular weight is 472 g/mol. The number of halogens is 4. The molecule has 0 aliphatic rings. The first-order valence-corrected chi connectivity index (χ1v) is 9.71. The minimum atomic E-state index is -4.53. The van der Waals surface area contributed by atoms with Crippen molar-refractivity contribution in [3.05, 3.63) is 69.8 Å². The van der Waals surface area contributed by atoms with Gasteiger partial charge in [0.1, 0.15) is 0 Å². The molecule has 3 aromatic rings. The van der Waals surface area contributed by atoms with Gasteiger partial charge in [-0.3, -0.25) is 4.79 Å². The van der Waals surface area contributed by atoms with Crippen LogP contribution in [0.4, 0.5) is 18.9 Å². The molecule has 1 aromatic heterocycles. The van der Waals surface area contributed by atoms with E-state index in [4.69, 9.17) is 4.52 Å². The number of amides is 1. The monoisotopic (exact) mass is 471 g/mol. The van der Waals surface area contributed by atoms with Gasteiger partial charge in [0.2, 0.25) is 5.89 Å². The minimum Gasteiger partial charge on any atom is -0.338 e. The maximum absolute atomic E-state index is 13.1. The number of carbonyl (C=O) groups excluding carboxylic acids is 1. The molecule has 0 fully saturated rings. The van der Waals surface area contributed by atoms with Gasteiger partial charge >= 0.3 is 6.18 Å². The zero-order chi connectivity index (χ0) is 20.3. The Morgan fingerprint density at radius 3 is 2.68 bits per heavy atom. The van der Waals surface area contributed by atoms with E-state index in [1.165, 1.54) is 23.9 Å². The molecule has 0 aliphatic carbocycles. The van der Waals surface area contributed by atoms with Crippen LogP contribution in [0.25, 0.3) is 0 Å². The molecule has 2 aromatic carbocycles. The standard InChI is InChI=1S/C18H13BrF3N3O2S/c1-10-23-16(27-25-10)9-28-15-5-3-2-4-12(15)17(26)24-11-6-7-14(19)13(8-11)18(20,21)22/h2-8H,9H2,1H3,(H,24,26). The van der Waals surface area contributed by atoms with Gasteiger partial charge < -0.3 is 9.84 Å². The summed E-state index contributed by atoms with van der Waals surface area (Å²) in [6, 6.07) is 10.3. The van der Waals surface area contributed by atoms with Crippen LogP contribution >= 0.6 is 27.7 Å². The molecule has 1 heterocycles. The molecule has 1 N–H and O–H groups in total. The first-order chi connectivity index (χ1) is 13.2. The Morgan fingerprint density at radius 2 is 2.00 bits per heavy atom. The lowest BCUT2D eigenvalue weighted by molar-refractivity contribution is -0.138. The van der Waals surface area contributed by atoms with Gasteiger partial charge in [-0.2, -0.15) is 18.2 Å². The molecule has 0 radical (unpaired) electrons. The van der Waals surface area contributed by atoms with Crippen molar-refractivity contribution in [2.45, 2.75) is 23.7 Å². The highest BCUT2D eigenvalue weighted by atomic mass is 79.9. The van der Waals surface area contributed by atoms with Crippen LogP contribution in [-0.4, -0.2) is 16.0 Å². The summed E-state index contributed by atoms with van der Waals surface area (Å²) < 4.78 is 44.1. The Kier molecular flexibility index (Phi) is 6.09. The second-order valence-corrected chi connectivity index (χ2v) is 7.54. The Labute approximate surface area is 170 Å². The van der Waals surface area contributed by atoms with Crippen molar-refractivity contribution >= 4 is 39.3 Å². The SMILES string of the molecule is Cc1noc(CSc2ccccc2C(=O)Nc2ccc(Br)c(C(F)(F)F)c2)n1. The van der Waals surface area contributed by atoms with Gasteiger partial charge in [0, 0.05) is 15.1 Å². The molecule has 0 bridgehead atoms. The summed E-state index contributed by atoms with van der Waals surface area (Å²) in [5.41, 5.74) is -0.479. The van der Waals surface area contributed by atoms with E-state index in [9.17, 15) is 18.0 Å². The van der Waals surface area contributed by atoms with Crippen LogP contribution in [-0.2, 0) is 11.9 Å². The molecule has 0 spiro atoms. The van der Waals surface area contributed by atoms with Gasteiger partial charge in [-0.15, -0.1) is 11.8 Å². The van der Waals surface area contributed by atoms with E-state index < -0.39 is 17.6 Å². The fourth-order valence-electron chi connectivity index (χ4n) is 2.34. The van der Waals surface area contributed by atoms with Gasteiger partial charge in [0.15, 0.2) is 5.82 Å². The Morgan fingerprint density at radius 1 is 1.25 bits per heavy atom. The van der Waals surface area contributed by atoms with Crippen LogP contribution in [0.2, 0.25) is 0 Å². The molecule has 0 unspecified atom stereocenters. The highest BCUT2D eigenvalue weighted by molar-refractivity contribution is 9.10. The van der Waals surface area contributed by atoms with E-state index in [1.54, 1.807) is 31.2 Å². The first-order valence-electron chi connectivity index (χ1n) is 7.93. The van der Waals surface area contributed by atoms with Crippen molar-refractivity contribution in [1.82, 2.24) is 10.1 Å². The summed E-state index contributed by atoms with van der Waals surface area (Å²) in [5, 5.41) is 6.22. The van der Waals surface area contributed by atoms with Crippen molar-refractivity contribution in [2.24, 2.45) is 0 Å². The summed E-state index contributed by atoms with van der Waals surface area (Å²) in [6.45, 7) is 1.70. The topological polar surface area (TPSA) is 68.0 Å². The molecule has 146 valence electrons. The number of aryl methyl sites for hydroxylation is 1. The maximum atomic E-state index is 13.1.